The molecule has 1 unspecified atom stereocenters. The molecule has 2 fully saturated rings. The van der Waals surface area contributed by atoms with Crippen LogP contribution in [0.3, 0.4) is 0 Å². The number of phenolic OH excluding ortho intramolecular Hbond substituents is 1. The Kier molecular flexibility index (Phi) is 11.1. The molecule has 18 heteroatoms. The molecule has 3 aromatic carbocycles. The van der Waals surface area contributed by atoms with Crippen LogP contribution in [-0.4, -0.2) is 115 Å². The zero-order valence-corrected chi connectivity index (χ0v) is 39.4. The number of benzene rings is 3. The predicted octanol–water partition coefficient (Wildman–Crippen LogP) is 6.41. The van der Waals surface area contributed by atoms with Gasteiger partial charge in [0.05, 0.1) is 37.6 Å². The lowest BCUT2D eigenvalue weighted by Crippen LogP contribution is -2.70. The van der Waals surface area contributed by atoms with Gasteiger partial charge in [-0.15, -0.1) is 11.8 Å². The van der Waals surface area contributed by atoms with E-state index in [9.17, 15) is 19.8 Å². The average molecular weight is 920 g/mol. The van der Waals surface area contributed by atoms with Crippen molar-refractivity contribution in [3.8, 4) is 40.2 Å². The minimum absolute atomic E-state index is 0.00157. The Morgan fingerprint density at radius 3 is 2.25 bits per heavy atom. The maximum Gasteiger partial charge on any atom is 0.514 e. The van der Waals surface area contributed by atoms with Crippen LogP contribution in [0.25, 0.3) is 0 Å². The molecule has 65 heavy (non-hydrogen) atoms. The third-order valence-electron chi connectivity index (χ3n) is 13.2. The Hall–Kier alpha value is -5.14. The van der Waals surface area contributed by atoms with Crippen LogP contribution in [0.4, 0.5) is 9.59 Å². The van der Waals surface area contributed by atoms with Crippen molar-refractivity contribution in [2.24, 2.45) is 0 Å². The van der Waals surface area contributed by atoms with Gasteiger partial charge < -0.3 is 52.8 Å². The van der Waals surface area contributed by atoms with Crippen molar-refractivity contribution in [3.05, 3.63) is 62.7 Å². The van der Waals surface area contributed by atoms with Gasteiger partial charge in [0.25, 0.3) is 0 Å². The highest BCUT2D eigenvalue weighted by Crippen LogP contribution is 2.64. The number of carbonyl (C=O) groups is 3. The van der Waals surface area contributed by atoms with Crippen molar-refractivity contribution >= 4 is 30.0 Å². The first kappa shape index (κ1) is 45.0. The summed E-state index contributed by atoms with van der Waals surface area (Å²) in [7, 11) is 4.91. The van der Waals surface area contributed by atoms with Crippen molar-refractivity contribution in [3.63, 3.8) is 0 Å². The first-order valence-corrected chi connectivity index (χ1v) is 22.8. The fraction of sp³-hybridized carbons (Fsp3) is 0.553. The van der Waals surface area contributed by atoms with E-state index in [0.717, 1.165) is 16.7 Å². The first-order chi connectivity index (χ1) is 30.7. The second-order valence-electron chi connectivity index (χ2n) is 19.4. The largest absolute Gasteiger partial charge is 0.514 e. The number of thioether (sulfide) groups is 1. The number of aliphatic hydroxyl groups is 1. The van der Waals surface area contributed by atoms with E-state index in [1.54, 1.807) is 60.6 Å². The van der Waals surface area contributed by atoms with Crippen LogP contribution in [-0.2, 0) is 37.4 Å². The molecule has 3 N–H and O–H groups in total. The van der Waals surface area contributed by atoms with Crippen LogP contribution in [0, 0.1) is 13.8 Å². The number of hydrogen-bond donors (Lipinski definition) is 3. The van der Waals surface area contributed by atoms with E-state index in [4.69, 9.17) is 42.6 Å². The number of fused-ring (bicyclic) bond motifs is 9. The molecule has 7 heterocycles. The number of aryl methyl sites for hydroxylation is 1. The number of esters is 1. The lowest BCUT2D eigenvalue weighted by molar-refractivity contribution is -0.186. The molecule has 2 saturated heterocycles. The van der Waals surface area contributed by atoms with Gasteiger partial charge in [0.15, 0.2) is 40.0 Å². The van der Waals surface area contributed by atoms with Gasteiger partial charge in [-0.1, -0.05) is 6.07 Å². The zero-order valence-electron chi connectivity index (χ0n) is 38.5. The minimum Gasteiger partial charge on any atom is -0.504 e. The molecule has 7 aliphatic rings. The summed E-state index contributed by atoms with van der Waals surface area (Å²) in [4.78, 5) is 45.9. The highest BCUT2D eigenvalue weighted by molar-refractivity contribution is 7.99. The van der Waals surface area contributed by atoms with Gasteiger partial charge in [-0.3, -0.25) is 15.1 Å². The number of methoxy groups -OCH3 is 2. The number of aliphatic hydroxyl groups excluding tert-OH is 1. The molecule has 0 radical (unpaired) electrons. The number of phenols is 1. The fourth-order valence-corrected chi connectivity index (χ4v) is 12.3. The van der Waals surface area contributed by atoms with E-state index in [0.29, 0.717) is 64.5 Å². The molecule has 0 amide bonds. The van der Waals surface area contributed by atoms with Crippen LogP contribution in [0.5, 0.6) is 40.2 Å². The van der Waals surface area contributed by atoms with Crippen LogP contribution in [0.1, 0.15) is 103 Å². The smallest absolute Gasteiger partial charge is 0.504 e. The van der Waals surface area contributed by atoms with Gasteiger partial charge in [-0.25, -0.2) is 14.4 Å². The molecule has 10 rings (SSSR count). The molecule has 4 bridgehead atoms. The van der Waals surface area contributed by atoms with Crippen LogP contribution in [0.2, 0.25) is 0 Å². The van der Waals surface area contributed by atoms with Gasteiger partial charge in [0, 0.05) is 40.6 Å². The summed E-state index contributed by atoms with van der Waals surface area (Å²) >= 11 is 1.41. The van der Waals surface area contributed by atoms with Crippen LogP contribution < -0.4 is 33.7 Å². The molecule has 3 aromatic rings. The molecule has 7 atom stereocenters. The summed E-state index contributed by atoms with van der Waals surface area (Å²) in [6, 6.07) is 2.84. The van der Waals surface area contributed by atoms with Gasteiger partial charge in [-0.05, 0) is 110 Å². The molecular weight excluding hydrogens is 863 g/mol. The van der Waals surface area contributed by atoms with Gasteiger partial charge in [-0.2, -0.15) is 0 Å². The number of nitrogens with zero attached hydrogens (tertiary/aromatic N) is 2. The van der Waals surface area contributed by atoms with E-state index in [1.807, 2.05) is 24.9 Å². The minimum atomic E-state index is -1.48. The van der Waals surface area contributed by atoms with Gasteiger partial charge >= 0.3 is 18.3 Å². The van der Waals surface area contributed by atoms with Crippen molar-refractivity contribution in [1.29, 1.82) is 0 Å². The highest BCUT2D eigenvalue weighted by atomic mass is 32.2. The molecule has 0 saturated carbocycles. The number of nitrogens with one attached hydrogen (secondary N) is 1. The molecular formula is C47H57N3O14S. The third kappa shape index (κ3) is 7.35. The summed E-state index contributed by atoms with van der Waals surface area (Å²) < 4.78 is 53.6. The van der Waals surface area contributed by atoms with Crippen molar-refractivity contribution in [2.45, 2.75) is 121 Å². The number of rotatable bonds is 4. The van der Waals surface area contributed by atoms with Crippen LogP contribution >= 0.6 is 11.8 Å². The maximum absolute atomic E-state index is 15.1. The van der Waals surface area contributed by atoms with Gasteiger partial charge in [0.2, 0.25) is 6.79 Å². The molecule has 17 nitrogen and oxygen atoms in total. The van der Waals surface area contributed by atoms with E-state index < -0.39 is 70.7 Å². The number of aromatic hydroxyl groups is 1. The highest BCUT2D eigenvalue weighted by Gasteiger charge is 2.61. The van der Waals surface area contributed by atoms with E-state index >= 15 is 4.79 Å². The topological polar surface area (TPSA) is 193 Å². The Morgan fingerprint density at radius 2 is 1.57 bits per heavy atom. The standard InChI is InChI=1S/C47H57N3O14S/c1-21-14-24-15-26-41(52)50-27-18-58-42(53)47(25-17-28(56-10)29(16-23(25)12-13-48-47)61-43(54)63-45(3,4)5)19-65-40(34(50)33(49(26)9)30(24)35(51)36(21)57-11)32-31(27)39-38(59-20-60-39)22(2)37(32)62-44(55)64-46(6,7)8/h14,16-17,26-27,33-34,40-41,48,51-52H,12-13,15,18-20H2,1-11H3/t26-,27+,33+,34?,40+,41-,47+/m0/s1. The number of piperazine rings is 1. The maximum atomic E-state index is 15.1. The zero-order chi connectivity index (χ0) is 46.7. The normalized spacial score (nSPS) is 26.8. The van der Waals surface area contributed by atoms with E-state index in [-0.39, 0.29) is 42.2 Å². The van der Waals surface area contributed by atoms with Gasteiger partial charge in [0.1, 0.15) is 29.8 Å². The quantitative estimate of drug-likeness (QED) is 0.148. The summed E-state index contributed by atoms with van der Waals surface area (Å²) in [5.41, 5.74) is 2.04. The second kappa shape index (κ2) is 16.0. The Balaban J connectivity index is 1.26. The predicted molar refractivity (Wildman–Crippen MR) is 235 cm³/mol. The number of ether oxygens (including phenoxy) is 9. The molecule has 0 aliphatic carbocycles. The summed E-state index contributed by atoms with van der Waals surface area (Å²) in [5, 5.41) is 27.8. The molecule has 1 spiro atoms. The number of hydrogen-bond acceptors (Lipinski definition) is 18. The molecule has 350 valence electrons. The second-order valence-corrected chi connectivity index (χ2v) is 20.6. The SMILES string of the molecule is COc1cc2c(cc1OC(=O)OC(C)(C)C)CCN[C@]21CS[C@@H]2c3c(OC(=O)OC(C)(C)C)c(C)c4c(c3[C@@H](COC1=O)N1C2[C@H]2c3c(cc(C)c(OC)c3O)C[C@@H]([C@@H]1O)N2C)OCO4. The Morgan fingerprint density at radius 1 is 0.877 bits per heavy atom. The molecule has 0 aromatic heterocycles. The summed E-state index contributed by atoms with van der Waals surface area (Å²) in [6.45, 7) is 14.1. The van der Waals surface area contributed by atoms with E-state index in [2.05, 4.69) is 10.2 Å². The first-order valence-electron chi connectivity index (χ1n) is 21.8. The number of likely N-dealkylation sites (N-methyl/N-ethyl adjacent to an activating group) is 1. The third-order valence-corrected chi connectivity index (χ3v) is 14.6. The number of carbonyl (C=O) groups excluding carboxylic acids is 3. The Labute approximate surface area is 381 Å². The molecule has 7 aliphatic heterocycles. The van der Waals surface area contributed by atoms with Crippen molar-refractivity contribution in [2.75, 3.05) is 47.0 Å². The van der Waals surface area contributed by atoms with E-state index in [1.165, 1.54) is 26.0 Å². The summed E-state index contributed by atoms with van der Waals surface area (Å²) in [5.74, 6) is 1.12. The lowest BCUT2D eigenvalue weighted by Gasteiger charge is -2.62. The monoisotopic (exact) mass is 919 g/mol. The lowest BCUT2D eigenvalue weighted by atomic mass is 9.73. The fourth-order valence-electron chi connectivity index (χ4n) is 10.6. The summed E-state index contributed by atoms with van der Waals surface area (Å²) in [6.07, 6.45) is -2.06. The van der Waals surface area contributed by atoms with Crippen molar-refractivity contribution < 1.29 is 67.2 Å². The average Bonchev–Trinajstić information content (AvgIpc) is 3.71. The van der Waals surface area contributed by atoms with Crippen molar-refractivity contribution in [1.82, 2.24) is 15.1 Å². The van der Waals surface area contributed by atoms with Crippen LogP contribution in [0.15, 0.2) is 18.2 Å². The Bertz CT molecular complexity index is 2480.